The molecule has 1 saturated heterocycles. The lowest BCUT2D eigenvalue weighted by Crippen LogP contribution is -2.45. The van der Waals surface area contributed by atoms with Gasteiger partial charge in [-0.2, -0.15) is 0 Å². The molecule has 3 rings (SSSR count). The number of carbonyl (C=O) groups is 2. The van der Waals surface area contributed by atoms with Crippen molar-refractivity contribution in [3.05, 3.63) is 70.2 Å². The largest absolute Gasteiger partial charge is 0.349 e. The highest BCUT2D eigenvalue weighted by Gasteiger charge is 2.29. The highest BCUT2D eigenvalue weighted by atomic mass is 35.5. The fourth-order valence-corrected chi connectivity index (χ4v) is 3.47. The van der Waals surface area contributed by atoms with Crippen LogP contribution >= 0.6 is 11.6 Å². The molecule has 1 aliphatic heterocycles. The lowest BCUT2D eigenvalue weighted by molar-refractivity contribution is -0.127. The number of benzene rings is 2. The maximum absolute atomic E-state index is 13.4. The van der Waals surface area contributed by atoms with Gasteiger partial charge < -0.3 is 10.2 Å². The number of likely N-dealkylation sites (tertiary alicyclic amines) is 1. The third-order valence-electron chi connectivity index (χ3n) is 4.97. The zero-order valence-corrected chi connectivity index (χ0v) is 16.2. The molecule has 0 aromatic heterocycles. The Labute approximate surface area is 167 Å². The zero-order chi connectivity index (χ0) is 20.3. The van der Waals surface area contributed by atoms with Gasteiger partial charge in [0.1, 0.15) is 0 Å². The van der Waals surface area contributed by atoms with Crippen LogP contribution in [0.4, 0.5) is 8.78 Å². The second kappa shape index (κ2) is 8.69. The number of carbonyl (C=O) groups excluding carboxylic acids is 2. The van der Waals surface area contributed by atoms with E-state index in [4.69, 9.17) is 11.6 Å². The molecule has 0 bridgehead atoms. The van der Waals surface area contributed by atoms with Crippen LogP contribution in [0.1, 0.15) is 41.7 Å². The van der Waals surface area contributed by atoms with Crippen LogP contribution in [0, 0.1) is 17.6 Å². The van der Waals surface area contributed by atoms with E-state index in [1.54, 1.807) is 36.1 Å². The van der Waals surface area contributed by atoms with Crippen LogP contribution in [-0.4, -0.2) is 29.8 Å². The highest BCUT2D eigenvalue weighted by Crippen LogP contribution is 2.22. The monoisotopic (exact) mass is 406 g/mol. The number of hydrogen-bond acceptors (Lipinski definition) is 2. The first-order valence-electron chi connectivity index (χ1n) is 9.15. The molecule has 148 valence electrons. The summed E-state index contributed by atoms with van der Waals surface area (Å²) >= 11 is 5.86. The Hall–Kier alpha value is -2.47. The molecule has 1 aliphatic rings. The van der Waals surface area contributed by atoms with Crippen molar-refractivity contribution in [2.45, 2.75) is 25.8 Å². The average Bonchev–Trinajstić information content (AvgIpc) is 2.70. The van der Waals surface area contributed by atoms with E-state index in [1.807, 2.05) is 0 Å². The molecule has 2 unspecified atom stereocenters. The molecule has 2 atom stereocenters. The summed E-state index contributed by atoms with van der Waals surface area (Å²) in [4.78, 5) is 27.0. The van der Waals surface area contributed by atoms with E-state index in [-0.39, 0.29) is 17.7 Å². The number of nitrogens with one attached hydrogen (secondary N) is 1. The van der Waals surface area contributed by atoms with Gasteiger partial charge >= 0.3 is 0 Å². The molecule has 0 aliphatic carbocycles. The second-order valence-electron chi connectivity index (χ2n) is 7.00. The summed E-state index contributed by atoms with van der Waals surface area (Å²) in [6, 6.07) is 9.75. The predicted octanol–water partition coefficient (Wildman–Crippen LogP) is 4.35. The van der Waals surface area contributed by atoms with E-state index < -0.39 is 17.7 Å². The minimum absolute atomic E-state index is 0.136. The summed E-state index contributed by atoms with van der Waals surface area (Å²) in [5.74, 6) is -2.56. The fraction of sp³-hybridized carbons (Fsp3) is 0.333. The van der Waals surface area contributed by atoms with Gasteiger partial charge in [0.05, 0.1) is 12.0 Å². The topological polar surface area (TPSA) is 49.4 Å². The van der Waals surface area contributed by atoms with Crippen LogP contribution in [0.3, 0.4) is 0 Å². The minimum atomic E-state index is -0.948. The minimum Gasteiger partial charge on any atom is -0.349 e. The normalized spacial score (nSPS) is 17.9. The molecule has 28 heavy (non-hydrogen) atoms. The summed E-state index contributed by atoms with van der Waals surface area (Å²) in [5.41, 5.74) is 1.01. The van der Waals surface area contributed by atoms with Crippen molar-refractivity contribution in [3.63, 3.8) is 0 Å². The first kappa shape index (κ1) is 20.3. The summed E-state index contributed by atoms with van der Waals surface area (Å²) in [7, 11) is 0. The predicted molar refractivity (Wildman–Crippen MR) is 103 cm³/mol. The van der Waals surface area contributed by atoms with E-state index in [9.17, 15) is 18.4 Å². The van der Waals surface area contributed by atoms with Crippen LogP contribution in [0.5, 0.6) is 0 Å². The lowest BCUT2D eigenvalue weighted by Gasteiger charge is -2.32. The van der Waals surface area contributed by atoms with E-state index in [1.165, 1.54) is 6.07 Å². The summed E-state index contributed by atoms with van der Waals surface area (Å²) in [5, 5.41) is 3.39. The van der Waals surface area contributed by atoms with Crippen molar-refractivity contribution >= 4 is 23.4 Å². The van der Waals surface area contributed by atoms with Crippen LogP contribution in [-0.2, 0) is 4.79 Å². The van der Waals surface area contributed by atoms with Gasteiger partial charge in [0.25, 0.3) is 5.91 Å². The third kappa shape index (κ3) is 4.68. The average molecular weight is 407 g/mol. The molecule has 4 nitrogen and oxygen atoms in total. The van der Waals surface area contributed by atoms with Gasteiger partial charge in [-0.1, -0.05) is 17.7 Å². The van der Waals surface area contributed by atoms with Crippen molar-refractivity contribution in [3.8, 4) is 0 Å². The number of halogens is 3. The molecule has 2 aromatic carbocycles. The van der Waals surface area contributed by atoms with E-state index in [2.05, 4.69) is 5.32 Å². The molecule has 0 spiro atoms. The maximum atomic E-state index is 13.4. The Morgan fingerprint density at radius 1 is 1.14 bits per heavy atom. The van der Waals surface area contributed by atoms with E-state index >= 15 is 0 Å². The van der Waals surface area contributed by atoms with E-state index in [0.29, 0.717) is 35.7 Å². The van der Waals surface area contributed by atoms with Crippen LogP contribution in [0.25, 0.3) is 0 Å². The van der Waals surface area contributed by atoms with Crippen molar-refractivity contribution in [1.29, 1.82) is 0 Å². The fourth-order valence-electron chi connectivity index (χ4n) is 3.35. The quantitative estimate of drug-likeness (QED) is 0.820. The number of rotatable bonds is 4. The van der Waals surface area contributed by atoms with Crippen molar-refractivity contribution in [1.82, 2.24) is 10.2 Å². The van der Waals surface area contributed by atoms with E-state index in [0.717, 1.165) is 18.6 Å². The molecule has 1 fully saturated rings. The van der Waals surface area contributed by atoms with Gasteiger partial charge in [0.15, 0.2) is 11.6 Å². The van der Waals surface area contributed by atoms with Gasteiger partial charge in [-0.25, -0.2) is 8.78 Å². The summed E-state index contributed by atoms with van der Waals surface area (Å²) < 4.78 is 26.5. The molecule has 7 heteroatoms. The van der Waals surface area contributed by atoms with Crippen molar-refractivity contribution < 1.29 is 18.4 Å². The molecule has 2 aromatic rings. The smallest absolute Gasteiger partial charge is 0.253 e. The molecule has 1 N–H and O–H groups in total. The van der Waals surface area contributed by atoms with Gasteiger partial charge in [-0.15, -0.1) is 0 Å². The molecule has 2 amide bonds. The van der Waals surface area contributed by atoms with Gasteiger partial charge in [0, 0.05) is 23.7 Å². The Bertz CT molecular complexity index is 873. The third-order valence-corrected chi connectivity index (χ3v) is 5.22. The molecule has 0 saturated carbocycles. The maximum Gasteiger partial charge on any atom is 0.253 e. The summed E-state index contributed by atoms with van der Waals surface area (Å²) in [6.45, 7) is 2.62. The summed E-state index contributed by atoms with van der Waals surface area (Å²) in [6.07, 6.45) is 1.39. The highest BCUT2D eigenvalue weighted by molar-refractivity contribution is 6.30. The second-order valence-corrected chi connectivity index (χ2v) is 7.44. The first-order chi connectivity index (χ1) is 13.3. The zero-order valence-electron chi connectivity index (χ0n) is 15.4. The van der Waals surface area contributed by atoms with Crippen LogP contribution in [0.2, 0.25) is 5.02 Å². The number of hydrogen-bond donors (Lipinski definition) is 1. The standard InChI is InChI=1S/C21H21ClF2N2O2/c1-13(15-6-9-18(23)19(24)11-15)25-20(27)16-3-2-10-26(12-16)21(28)14-4-7-17(22)8-5-14/h4-9,11,13,16H,2-3,10,12H2,1H3,(H,25,27). The lowest BCUT2D eigenvalue weighted by atomic mass is 9.95. The molecular formula is C21H21ClF2N2O2. The Morgan fingerprint density at radius 2 is 1.86 bits per heavy atom. The molecule has 0 radical (unpaired) electrons. The Balaban J connectivity index is 1.62. The molecule has 1 heterocycles. The van der Waals surface area contributed by atoms with Crippen LogP contribution < -0.4 is 5.32 Å². The number of nitrogens with zero attached hydrogens (tertiary/aromatic N) is 1. The van der Waals surface area contributed by atoms with Gasteiger partial charge in [-0.3, -0.25) is 9.59 Å². The number of amides is 2. The first-order valence-corrected chi connectivity index (χ1v) is 9.53. The van der Waals surface area contributed by atoms with Crippen LogP contribution in [0.15, 0.2) is 42.5 Å². The Morgan fingerprint density at radius 3 is 2.54 bits per heavy atom. The number of piperidine rings is 1. The van der Waals surface area contributed by atoms with Gasteiger partial charge in [-0.05, 0) is 61.7 Å². The van der Waals surface area contributed by atoms with Crippen molar-refractivity contribution in [2.75, 3.05) is 13.1 Å². The molecular weight excluding hydrogens is 386 g/mol. The Kier molecular flexibility index (Phi) is 6.29. The van der Waals surface area contributed by atoms with Gasteiger partial charge in [0.2, 0.25) is 5.91 Å². The SMILES string of the molecule is CC(NC(=O)C1CCCN(C(=O)c2ccc(Cl)cc2)C1)c1ccc(F)c(F)c1. The van der Waals surface area contributed by atoms with Crippen molar-refractivity contribution in [2.24, 2.45) is 5.92 Å².